The first kappa shape index (κ1) is 12.1. The van der Waals surface area contributed by atoms with Crippen molar-refractivity contribution in [2.75, 3.05) is 27.2 Å². The zero-order valence-corrected chi connectivity index (χ0v) is 10.6. The number of carbonyl (C=O) groups excluding carboxylic acids is 1. The zero-order valence-electron chi connectivity index (χ0n) is 10.6. The molecule has 0 spiro atoms. The Morgan fingerprint density at radius 3 is 2.50 bits per heavy atom. The van der Waals surface area contributed by atoms with E-state index < -0.39 is 0 Å². The van der Waals surface area contributed by atoms with Crippen LogP contribution in [0.4, 0.5) is 0 Å². The van der Waals surface area contributed by atoms with E-state index in [1.54, 1.807) is 0 Å². The second-order valence-corrected chi connectivity index (χ2v) is 5.52. The van der Waals surface area contributed by atoms with Gasteiger partial charge in [0.1, 0.15) is 5.78 Å². The fourth-order valence-corrected chi connectivity index (χ4v) is 3.03. The van der Waals surface area contributed by atoms with Crippen molar-refractivity contribution in [3.8, 4) is 0 Å². The summed E-state index contributed by atoms with van der Waals surface area (Å²) in [4.78, 5) is 16.2. The number of piperidine rings is 1. The van der Waals surface area contributed by atoms with Crippen LogP contribution in [-0.2, 0) is 4.79 Å². The Morgan fingerprint density at radius 2 is 1.88 bits per heavy atom. The number of rotatable bonds is 2. The Kier molecular flexibility index (Phi) is 3.98. The Labute approximate surface area is 98.8 Å². The van der Waals surface area contributed by atoms with Gasteiger partial charge in [-0.1, -0.05) is 0 Å². The highest BCUT2D eigenvalue weighted by molar-refractivity contribution is 5.79. The van der Waals surface area contributed by atoms with Crippen LogP contribution in [0.2, 0.25) is 0 Å². The average molecular weight is 224 g/mol. The van der Waals surface area contributed by atoms with Crippen molar-refractivity contribution in [2.45, 2.75) is 50.6 Å². The molecule has 3 nitrogen and oxygen atoms in total. The topological polar surface area (TPSA) is 23.6 Å². The molecule has 3 heteroatoms. The molecule has 1 aliphatic carbocycles. The number of Topliss-reactive ketones (excluding diaryl/α,β-unsaturated/α-hetero) is 1. The Bertz CT molecular complexity index is 242. The Balaban J connectivity index is 1.86. The third-order valence-corrected chi connectivity index (χ3v) is 4.19. The smallest absolute Gasteiger partial charge is 0.133 e. The van der Waals surface area contributed by atoms with Crippen molar-refractivity contribution < 1.29 is 4.79 Å². The van der Waals surface area contributed by atoms with Crippen LogP contribution in [0.1, 0.15) is 38.5 Å². The van der Waals surface area contributed by atoms with E-state index in [9.17, 15) is 4.79 Å². The van der Waals surface area contributed by atoms with Crippen molar-refractivity contribution in [3.05, 3.63) is 0 Å². The van der Waals surface area contributed by atoms with Crippen LogP contribution in [-0.4, -0.2) is 54.9 Å². The molecule has 1 heterocycles. The van der Waals surface area contributed by atoms with Gasteiger partial charge in [-0.25, -0.2) is 0 Å². The summed E-state index contributed by atoms with van der Waals surface area (Å²) in [5.74, 6) is 0.470. The Hall–Kier alpha value is -0.410. The van der Waals surface area contributed by atoms with Gasteiger partial charge in [0.05, 0.1) is 0 Å². The van der Waals surface area contributed by atoms with Gasteiger partial charge in [0, 0.05) is 31.5 Å². The van der Waals surface area contributed by atoms with E-state index in [2.05, 4.69) is 23.9 Å². The molecule has 1 aliphatic heterocycles. The van der Waals surface area contributed by atoms with Gasteiger partial charge >= 0.3 is 0 Å². The maximum absolute atomic E-state index is 11.2. The van der Waals surface area contributed by atoms with Gasteiger partial charge in [-0.15, -0.1) is 0 Å². The molecular weight excluding hydrogens is 200 g/mol. The molecule has 0 aromatic carbocycles. The summed E-state index contributed by atoms with van der Waals surface area (Å²) in [5, 5.41) is 0. The van der Waals surface area contributed by atoms with Gasteiger partial charge in [0.2, 0.25) is 0 Å². The zero-order chi connectivity index (χ0) is 11.5. The molecule has 2 fully saturated rings. The maximum Gasteiger partial charge on any atom is 0.133 e. The first-order valence-electron chi connectivity index (χ1n) is 6.59. The van der Waals surface area contributed by atoms with Gasteiger partial charge in [0.25, 0.3) is 0 Å². The number of ketones is 1. The van der Waals surface area contributed by atoms with Gasteiger partial charge < -0.3 is 4.90 Å². The number of likely N-dealkylation sites (N-methyl/N-ethyl adjacent to an activating group) is 1. The fraction of sp³-hybridized carbons (Fsp3) is 0.923. The molecule has 0 aromatic heterocycles. The fourth-order valence-electron chi connectivity index (χ4n) is 3.03. The average Bonchev–Trinajstić information content (AvgIpc) is 2.30. The molecule has 0 radical (unpaired) electrons. The third kappa shape index (κ3) is 2.83. The predicted molar refractivity (Wildman–Crippen MR) is 65.5 cm³/mol. The van der Waals surface area contributed by atoms with Crippen molar-refractivity contribution in [3.63, 3.8) is 0 Å². The molecule has 16 heavy (non-hydrogen) atoms. The number of carbonyl (C=O) groups is 1. The summed E-state index contributed by atoms with van der Waals surface area (Å²) in [6, 6.07) is 1.40. The lowest BCUT2D eigenvalue weighted by atomic mass is 9.91. The highest BCUT2D eigenvalue weighted by Crippen LogP contribution is 2.24. The molecule has 1 atom stereocenters. The van der Waals surface area contributed by atoms with E-state index in [1.807, 2.05) is 0 Å². The third-order valence-electron chi connectivity index (χ3n) is 4.19. The maximum atomic E-state index is 11.2. The van der Waals surface area contributed by atoms with Crippen molar-refractivity contribution in [1.82, 2.24) is 9.80 Å². The first-order valence-corrected chi connectivity index (χ1v) is 6.59. The first-order chi connectivity index (χ1) is 7.66. The van der Waals surface area contributed by atoms with Crippen LogP contribution in [0, 0.1) is 0 Å². The van der Waals surface area contributed by atoms with Crippen molar-refractivity contribution in [2.24, 2.45) is 0 Å². The minimum absolute atomic E-state index is 0.470. The van der Waals surface area contributed by atoms with Crippen molar-refractivity contribution >= 4 is 5.78 Å². The van der Waals surface area contributed by atoms with Gasteiger partial charge in [-0.2, -0.15) is 0 Å². The lowest BCUT2D eigenvalue weighted by Gasteiger charge is -2.41. The molecule has 2 aliphatic rings. The van der Waals surface area contributed by atoms with Crippen LogP contribution in [0.15, 0.2) is 0 Å². The van der Waals surface area contributed by atoms with E-state index in [-0.39, 0.29) is 0 Å². The Morgan fingerprint density at radius 1 is 1.19 bits per heavy atom. The molecule has 0 amide bonds. The summed E-state index contributed by atoms with van der Waals surface area (Å²) < 4.78 is 0. The van der Waals surface area contributed by atoms with Gasteiger partial charge in [0.15, 0.2) is 0 Å². The normalized spacial score (nSPS) is 29.9. The van der Waals surface area contributed by atoms with Crippen LogP contribution in [0.25, 0.3) is 0 Å². The van der Waals surface area contributed by atoms with Crippen LogP contribution in [0.3, 0.4) is 0 Å². The molecule has 2 rings (SSSR count). The summed E-state index contributed by atoms with van der Waals surface area (Å²) in [6.07, 6.45) is 6.46. The number of likely N-dealkylation sites (tertiary alicyclic amines) is 1. The summed E-state index contributed by atoms with van der Waals surface area (Å²) in [6.45, 7) is 2.44. The summed E-state index contributed by atoms with van der Waals surface area (Å²) in [5.41, 5.74) is 0. The van der Waals surface area contributed by atoms with E-state index in [4.69, 9.17) is 0 Å². The van der Waals surface area contributed by atoms with Crippen LogP contribution < -0.4 is 0 Å². The van der Waals surface area contributed by atoms with Crippen molar-refractivity contribution in [1.29, 1.82) is 0 Å². The lowest BCUT2D eigenvalue weighted by molar-refractivity contribution is -0.121. The SMILES string of the molecule is CN(C)C1CCCN(C2CCC(=O)CC2)C1. The van der Waals surface area contributed by atoms with Gasteiger partial charge in [-0.05, 0) is 46.3 Å². The highest BCUT2D eigenvalue weighted by atomic mass is 16.1. The predicted octanol–water partition coefficient (Wildman–Crippen LogP) is 1.52. The molecular formula is C13H24N2O. The summed E-state index contributed by atoms with van der Waals surface area (Å²) >= 11 is 0. The minimum Gasteiger partial charge on any atom is -0.305 e. The number of hydrogen-bond acceptors (Lipinski definition) is 3. The quantitative estimate of drug-likeness (QED) is 0.710. The highest BCUT2D eigenvalue weighted by Gasteiger charge is 2.29. The van der Waals surface area contributed by atoms with E-state index in [0.29, 0.717) is 17.9 Å². The molecule has 0 aromatic rings. The molecule has 92 valence electrons. The monoisotopic (exact) mass is 224 g/mol. The number of hydrogen-bond donors (Lipinski definition) is 0. The minimum atomic E-state index is 0.470. The molecule has 1 unspecified atom stereocenters. The number of nitrogens with zero attached hydrogens (tertiary/aromatic N) is 2. The van der Waals surface area contributed by atoms with Gasteiger partial charge in [-0.3, -0.25) is 9.69 Å². The molecule has 1 saturated carbocycles. The second kappa shape index (κ2) is 5.28. The standard InChI is InChI=1S/C13H24N2O/c1-14(2)12-4-3-9-15(10-12)11-5-7-13(16)8-6-11/h11-12H,3-10H2,1-2H3. The lowest BCUT2D eigenvalue weighted by Crippen LogP contribution is -2.50. The van der Waals surface area contributed by atoms with Crippen LogP contribution in [0.5, 0.6) is 0 Å². The van der Waals surface area contributed by atoms with E-state index in [0.717, 1.165) is 25.7 Å². The molecule has 0 bridgehead atoms. The molecule has 0 N–H and O–H groups in total. The van der Waals surface area contributed by atoms with E-state index in [1.165, 1.54) is 25.9 Å². The van der Waals surface area contributed by atoms with E-state index >= 15 is 0 Å². The van der Waals surface area contributed by atoms with Crippen LogP contribution >= 0.6 is 0 Å². The summed E-state index contributed by atoms with van der Waals surface area (Å²) in [7, 11) is 4.36. The largest absolute Gasteiger partial charge is 0.305 e. The second-order valence-electron chi connectivity index (χ2n) is 5.52. The molecule has 1 saturated heterocycles.